The van der Waals surface area contributed by atoms with E-state index in [0.29, 0.717) is 41.7 Å². The number of benzene rings is 2. The smallest absolute Gasteiger partial charge is 0.323 e. The average Bonchev–Trinajstić information content (AvgIpc) is 3.75. The maximum atomic E-state index is 14.4. The van der Waals surface area contributed by atoms with Gasteiger partial charge in [0.1, 0.15) is 5.75 Å². The number of hydrogen-bond donors (Lipinski definition) is 3. The number of aryl methyl sites for hydroxylation is 1. The second kappa shape index (κ2) is 16.1. The third-order valence-corrected chi connectivity index (χ3v) is 10.4. The molecule has 3 amide bonds. The minimum atomic E-state index is -3.90. The normalized spacial score (nSPS) is 20.8. The number of carbonyl (C=O) groups excluding carboxylic acids is 2. The highest BCUT2D eigenvalue weighted by molar-refractivity contribution is 7.89. The van der Waals surface area contributed by atoms with Gasteiger partial charge in [0.15, 0.2) is 16.5 Å². The van der Waals surface area contributed by atoms with Crippen molar-refractivity contribution in [3.63, 3.8) is 0 Å². The van der Waals surface area contributed by atoms with Crippen molar-refractivity contribution < 1.29 is 42.1 Å². The minimum absolute atomic E-state index is 0.0261. The molecule has 2 aliphatic rings. The number of amides is 3. The molecule has 3 heterocycles. The summed E-state index contributed by atoms with van der Waals surface area (Å²) in [6.07, 6.45) is 4.22. The maximum Gasteiger partial charge on any atom is 0.323 e. The molecule has 0 radical (unpaired) electrons. The number of fused-ring (bicyclic) bond motifs is 2. The number of imidazole rings is 1. The van der Waals surface area contributed by atoms with Crippen LogP contribution in [0.4, 0.5) is 16.2 Å². The number of aliphatic hydroxyl groups is 1. The van der Waals surface area contributed by atoms with Crippen molar-refractivity contribution in [2.75, 3.05) is 50.8 Å². The number of aromatic nitrogens is 2. The summed E-state index contributed by atoms with van der Waals surface area (Å²) in [5.74, 6) is 0.677. The molecule has 0 spiro atoms. The summed E-state index contributed by atoms with van der Waals surface area (Å²) >= 11 is 0. The number of carbonyl (C=O) groups is 2. The molecule has 2 aliphatic heterocycles. The van der Waals surface area contributed by atoms with Gasteiger partial charge in [-0.3, -0.25) is 4.79 Å². The number of sulfonamides is 1. The Morgan fingerprint density at radius 1 is 1.08 bits per heavy atom. The first-order chi connectivity index (χ1) is 23.8. The van der Waals surface area contributed by atoms with Crippen LogP contribution in [0.15, 0.2) is 53.9 Å². The lowest BCUT2D eigenvalue weighted by Gasteiger charge is -2.35. The van der Waals surface area contributed by atoms with E-state index < -0.39 is 34.1 Å². The van der Waals surface area contributed by atoms with Crippen LogP contribution in [0.5, 0.6) is 17.2 Å². The fourth-order valence-corrected chi connectivity index (χ4v) is 6.91. The van der Waals surface area contributed by atoms with E-state index in [1.807, 2.05) is 13.8 Å². The van der Waals surface area contributed by atoms with E-state index in [-0.39, 0.29) is 49.1 Å². The van der Waals surface area contributed by atoms with Gasteiger partial charge in [-0.05, 0) is 63.4 Å². The molecule has 0 saturated heterocycles. The van der Waals surface area contributed by atoms with Gasteiger partial charge in [0.2, 0.25) is 6.79 Å². The number of hydrogen-bond acceptors (Lipinski definition) is 10. The highest BCUT2D eigenvalue weighted by Crippen LogP contribution is 2.34. The molecule has 1 aromatic heterocycles. The Balaban J connectivity index is 1.39. The molecule has 2 aromatic carbocycles. The molecule has 0 saturated carbocycles. The number of nitrogens with zero attached hydrogens (tertiary/aromatic N) is 4. The van der Waals surface area contributed by atoms with E-state index >= 15 is 0 Å². The molecule has 272 valence electrons. The van der Waals surface area contributed by atoms with Crippen LogP contribution in [0.2, 0.25) is 0 Å². The monoisotopic (exact) mass is 714 g/mol. The average molecular weight is 715 g/mol. The van der Waals surface area contributed by atoms with Gasteiger partial charge in [0.25, 0.3) is 15.9 Å². The van der Waals surface area contributed by atoms with Crippen molar-refractivity contribution in [2.24, 2.45) is 13.0 Å². The largest absolute Gasteiger partial charge is 0.490 e. The molecule has 0 aliphatic carbocycles. The number of urea groups is 1. The summed E-state index contributed by atoms with van der Waals surface area (Å²) in [5.41, 5.74) is 1.04. The number of rotatable bonds is 8. The zero-order valence-corrected chi connectivity index (χ0v) is 29.8. The van der Waals surface area contributed by atoms with Gasteiger partial charge in [-0.2, -0.15) is 4.31 Å². The quantitative estimate of drug-likeness (QED) is 0.311. The predicted molar refractivity (Wildman–Crippen MR) is 185 cm³/mol. The second-order valence-corrected chi connectivity index (χ2v) is 14.8. The maximum absolute atomic E-state index is 14.4. The van der Waals surface area contributed by atoms with Crippen LogP contribution in [0.3, 0.4) is 0 Å². The molecule has 5 rings (SSSR count). The number of likely N-dealkylation sites (N-methyl/N-ethyl adjacent to an activating group) is 1. The Kier molecular flexibility index (Phi) is 11.9. The standard InChI is InChI=1S/C34H46N6O9S/c1-22-16-40(23(2)19-41)33(42)27-14-25(36-34(43)37-26-10-12-29-30(15-26)48-21-47-29)9-11-28(27)49-24(3)8-6-7-13-46-31(22)17-39(5)50(44,45)32-18-38(4)20-35-32/h9-12,14-15,18,20,22-24,31,41H,6-8,13,16-17,19,21H2,1-5H3,(H2,36,37,43)/t22-,23-,24+,31+/m0/s1. The SMILES string of the molecule is C[C@@H]1CCCCO[C@H](CN(C)S(=O)(=O)c2cn(C)cn2)[C@@H](C)CN([C@@H](C)CO)C(=O)c2cc(NC(=O)Nc3ccc4c(c3)OCO4)ccc2O1. The minimum Gasteiger partial charge on any atom is -0.490 e. The van der Waals surface area contributed by atoms with Crippen molar-refractivity contribution in [1.29, 1.82) is 0 Å². The van der Waals surface area contributed by atoms with E-state index in [4.69, 9.17) is 18.9 Å². The molecule has 3 N–H and O–H groups in total. The van der Waals surface area contributed by atoms with E-state index in [0.717, 1.165) is 12.8 Å². The van der Waals surface area contributed by atoms with Crippen LogP contribution >= 0.6 is 0 Å². The summed E-state index contributed by atoms with van der Waals surface area (Å²) in [5, 5.41) is 15.7. The van der Waals surface area contributed by atoms with Crippen molar-refractivity contribution >= 4 is 33.3 Å². The summed E-state index contributed by atoms with van der Waals surface area (Å²) in [7, 11) is -0.720. The zero-order chi connectivity index (χ0) is 36.0. The van der Waals surface area contributed by atoms with Gasteiger partial charge >= 0.3 is 6.03 Å². The van der Waals surface area contributed by atoms with Crippen molar-refractivity contribution in [1.82, 2.24) is 18.8 Å². The summed E-state index contributed by atoms with van der Waals surface area (Å²) in [6, 6.07) is 8.76. The van der Waals surface area contributed by atoms with E-state index in [1.54, 1.807) is 54.9 Å². The molecule has 0 unspecified atom stereocenters. The lowest BCUT2D eigenvalue weighted by atomic mass is 10.0. The first-order valence-electron chi connectivity index (χ1n) is 16.6. The van der Waals surface area contributed by atoms with Crippen LogP contribution in [-0.2, 0) is 21.8 Å². The molecule has 50 heavy (non-hydrogen) atoms. The Bertz CT molecular complexity index is 1770. The van der Waals surface area contributed by atoms with E-state index in [2.05, 4.69) is 15.6 Å². The van der Waals surface area contributed by atoms with Gasteiger partial charge in [-0.15, -0.1) is 0 Å². The fourth-order valence-electron chi connectivity index (χ4n) is 5.76. The molecular formula is C34H46N6O9S. The number of nitrogens with one attached hydrogen (secondary N) is 2. The van der Waals surface area contributed by atoms with Gasteiger partial charge in [-0.25, -0.2) is 18.2 Å². The zero-order valence-electron chi connectivity index (χ0n) is 29.0. The van der Waals surface area contributed by atoms with Crippen LogP contribution in [0.1, 0.15) is 50.4 Å². The first-order valence-corrected chi connectivity index (χ1v) is 18.1. The summed E-state index contributed by atoms with van der Waals surface area (Å²) < 4.78 is 52.7. The number of ether oxygens (including phenoxy) is 4. The van der Waals surface area contributed by atoms with Gasteiger partial charge in [0.05, 0.1) is 36.7 Å². The second-order valence-electron chi connectivity index (χ2n) is 12.8. The van der Waals surface area contributed by atoms with Crippen molar-refractivity contribution in [3.05, 3.63) is 54.5 Å². The van der Waals surface area contributed by atoms with Crippen molar-refractivity contribution in [3.8, 4) is 17.2 Å². The summed E-state index contributed by atoms with van der Waals surface area (Å²) in [6.45, 7) is 5.88. The Hall–Kier alpha value is -4.38. The van der Waals surface area contributed by atoms with Crippen LogP contribution in [0.25, 0.3) is 0 Å². The molecular weight excluding hydrogens is 668 g/mol. The lowest BCUT2D eigenvalue weighted by Crippen LogP contribution is -2.48. The van der Waals surface area contributed by atoms with Crippen LogP contribution in [-0.4, -0.2) is 103 Å². The van der Waals surface area contributed by atoms with Gasteiger partial charge in [-0.1, -0.05) is 6.92 Å². The third kappa shape index (κ3) is 8.85. The van der Waals surface area contributed by atoms with E-state index in [9.17, 15) is 23.1 Å². The van der Waals surface area contributed by atoms with Crippen LogP contribution < -0.4 is 24.8 Å². The summed E-state index contributed by atoms with van der Waals surface area (Å²) in [4.78, 5) is 32.9. The first kappa shape index (κ1) is 36.9. The van der Waals surface area contributed by atoms with Crippen molar-refractivity contribution in [2.45, 2.75) is 63.3 Å². The molecule has 3 aromatic rings. The predicted octanol–water partition coefficient (Wildman–Crippen LogP) is 3.91. The Labute approximate surface area is 292 Å². The number of anilines is 2. The molecule has 15 nitrogen and oxygen atoms in total. The van der Waals surface area contributed by atoms with Gasteiger partial charge < -0.3 is 44.2 Å². The van der Waals surface area contributed by atoms with Crippen LogP contribution in [0, 0.1) is 5.92 Å². The fraction of sp³-hybridized carbons (Fsp3) is 0.500. The number of aliphatic hydroxyl groups excluding tert-OH is 1. The molecule has 4 atom stereocenters. The Morgan fingerprint density at radius 3 is 2.48 bits per heavy atom. The van der Waals surface area contributed by atoms with Gasteiger partial charge in [0, 0.05) is 63.3 Å². The molecule has 16 heteroatoms. The lowest BCUT2D eigenvalue weighted by molar-refractivity contribution is -0.00835. The molecule has 0 fully saturated rings. The van der Waals surface area contributed by atoms with E-state index in [1.165, 1.54) is 28.8 Å². The third-order valence-electron chi connectivity index (χ3n) is 8.73. The highest BCUT2D eigenvalue weighted by atomic mass is 32.2. The molecule has 0 bridgehead atoms. The Morgan fingerprint density at radius 2 is 1.78 bits per heavy atom. The topological polar surface area (TPSA) is 174 Å². The highest BCUT2D eigenvalue weighted by Gasteiger charge is 2.33.